The molecule has 0 unspecified atom stereocenters. The number of halogens is 1. The first-order valence-corrected chi connectivity index (χ1v) is 7.80. The maximum absolute atomic E-state index is 6.14. The Labute approximate surface area is 137 Å². The molecule has 0 aliphatic carbocycles. The number of hydrogen-bond donors (Lipinski definition) is 1. The van der Waals surface area contributed by atoms with Crippen molar-refractivity contribution in [3.63, 3.8) is 0 Å². The van der Waals surface area contributed by atoms with Crippen LogP contribution in [0, 0.1) is 17.4 Å². The first-order valence-electron chi connectivity index (χ1n) is 6.73. The normalized spacial score (nSPS) is 10.8. The SMILES string of the molecule is Cc1cc(C)cc(-n2cc(N)c(-c3ccc(I)cc3)n2)c1. The minimum atomic E-state index is 0.690. The number of aryl methyl sites for hydroxylation is 2. The summed E-state index contributed by atoms with van der Waals surface area (Å²) in [5.74, 6) is 0. The molecule has 0 radical (unpaired) electrons. The molecule has 4 heteroatoms. The molecule has 1 heterocycles. The largest absolute Gasteiger partial charge is 0.396 e. The maximum atomic E-state index is 6.14. The van der Waals surface area contributed by atoms with Gasteiger partial charge in [-0.05, 0) is 71.8 Å². The highest BCUT2D eigenvalue weighted by atomic mass is 127. The highest BCUT2D eigenvalue weighted by molar-refractivity contribution is 14.1. The Balaban J connectivity index is 2.07. The summed E-state index contributed by atoms with van der Waals surface area (Å²) in [7, 11) is 0. The maximum Gasteiger partial charge on any atom is 0.116 e. The van der Waals surface area contributed by atoms with Gasteiger partial charge in [-0.1, -0.05) is 18.2 Å². The van der Waals surface area contributed by atoms with Crippen molar-refractivity contribution in [3.05, 3.63) is 63.4 Å². The molecular weight excluding hydrogens is 373 g/mol. The summed E-state index contributed by atoms with van der Waals surface area (Å²) in [6.45, 7) is 4.17. The lowest BCUT2D eigenvalue weighted by molar-refractivity contribution is 0.881. The second-order valence-electron chi connectivity index (χ2n) is 5.23. The third kappa shape index (κ3) is 2.95. The zero-order valence-corrected chi connectivity index (χ0v) is 14.1. The van der Waals surface area contributed by atoms with Crippen molar-refractivity contribution >= 4 is 28.3 Å². The predicted molar refractivity (Wildman–Crippen MR) is 95.6 cm³/mol. The number of nitrogens with two attached hydrogens (primary N) is 1. The average molecular weight is 389 g/mol. The minimum Gasteiger partial charge on any atom is -0.396 e. The van der Waals surface area contributed by atoms with Gasteiger partial charge in [-0.15, -0.1) is 0 Å². The van der Waals surface area contributed by atoms with Gasteiger partial charge < -0.3 is 5.73 Å². The summed E-state index contributed by atoms with van der Waals surface area (Å²) >= 11 is 2.29. The molecule has 0 bridgehead atoms. The Morgan fingerprint density at radius 1 is 1.00 bits per heavy atom. The van der Waals surface area contributed by atoms with E-state index in [-0.39, 0.29) is 0 Å². The van der Waals surface area contributed by atoms with Crippen LogP contribution in [-0.4, -0.2) is 9.78 Å². The summed E-state index contributed by atoms with van der Waals surface area (Å²) in [6.07, 6.45) is 1.88. The standard InChI is InChI=1S/C17H16IN3/c1-11-7-12(2)9-15(8-11)21-10-16(19)17(20-21)13-3-5-14(18)6-4-13/h3-10H,19H2,1-2H3. The highest BCUT2D eigenvalue weighted by Crippen LogP contribution is 2.26. The van der Waals surface area contributed by atoms with Crippen LogP contribution < -0.4 is 5.73 Å². The molecule has 0 atom stereocenters. The van der Waals surface area contributed by atoms with Gasteiger partial charge in [0.1, 0.15) is 5.69 Å². The lowest BCUT2D eigenvalue weighted by Crippen LogP contribution is -1.96. The van der Waals surface area contributed by atoms with Gasteiger partial charge in [-0.3, -0.25) is 0 Å². The minimum absolute atomic E-state index is 0.690. The third-order valence-electron chi connectivity index (χ3n) is 3.33. The van der Waals surface area contributed by atoms with Gasteiger partial charge in [-0.25, -0.2) is 4.68 Å². The first-order chi connectivity index (χ1) is 10.0. The number of nitrogen functional groups attached to an aromatic ring is 1. The van der Waals surface area contributed by atoms with E-state index in [1.54, 1.807) is 0 Å². The average Bonchev–Trinajstić information content (AvgIpc) is 2.81. The summed E-state index contributed by atoms with van der Waals surface area (Å²) in [4.78, 5) is 0. The van der Waals surface area contributed by atoms with Crippen LogP contribution in [0.2, 0.25) is 0 Å². The van der Waals surface area contributed by atoms with Crippen molar-refractivity contribution in [2.45, 2.75) is 13.8 Å². The zero-order valence-electron chi connectivity index (χ0n) is 12.0. The quantitative estimate of drug-likeness (QED) is 0.663. The van der Waals surface area contributed by atoms with E-state index in [0.717, 1.165) is 16.9 Å². The number of anilines is 1. The van der Waals surface area contributed by atoms with Crippen LogP contribution in [-0.2, 0) is 0 Å². The molecule has 0 fully saturated rings. The number of nitrogens with zero attached hydrogens (tertiary/aromatic N) is 2. The molecular formula is C17H16IN3. The fraction of sp³-hybridized carbons (Fsp3) is 0.118. The van der Waals surface area contributed by atoms with E-state index < -0.39 is 0 Å². The van der Waals surface area contributed by atoms with E-state index >= 15 is 0 Å². The number of rotatable bonds is 2. The Morgan fingerprint density at radius 2 is 1.62 bits per heavy atom. The zero-order chi connectivity index (χ0) is 15.0. The molecule has 0 amide bonds. The molecule has 0 aliphatic heterocycles. The summed E-state index contributed by atoms with van der Waals surface area (Å²) in [5.41, 5.74) is 12.2. The molecule has 0 saturated heterocycles. The second kappa shape index (κ2) is 5.52. The van der Waals surface area contributed by atoms with Crippen LogP contribution in [0.4, 0.5) is 5.69 Å². The van der Waals surface area contributed by atoms with Crippen LogP contribution in [0.3, 0.4) is 0 Å². The number of aromatic nitrogens is 2. The van der Waals surface area contributed by atoms with Crippen molar-refractivity contribution < 1.29 is 0 Å². The summed E-state index contributed by atoms with van der Waals surface area (Å²) in [5, 5.41) is 4.65. The van der Waals surface area contributed by atoms with Crippen LogP contribution in [0.1, 0.15) is 11.1 Å². The number of hydrogen-bond acceptors (Lipinski definition) is 2. The van der Waals surface area contributed by atoms with E-state index in [0.29, 0.717) is 5.69 Å². The Morgan fingerprint density at radius 3 is 2.24 bits per heavy atom. The van der Waals surface area contributed by atoms with Crippen LogP contribution in [0.15, 0.2) is 48.7 Å². The topological polar surface area (TPSA) is 43.8 Å². The van der Waals surface area contributed by atoms with Crippen molar-refractivity contribution in [2.24, 2.45) is 0 Å². The molecule has 0 aliphatic rings. The van der Waals surface area contributed by atoms with Crippen molar-refractivity contribution in [3.8, 4) is 16.9 Å². The smallest absolute Gasteiger partial charge is 0.116 e. The fourth-order valence-electron chi connectivity index (χ4n) is 2.43. The van der Waals surface area contributed by atoms with Gasteiger partial charge in [0.25, 0.3) is 0 Å². The first kappa shape index (κ1) is 14.1. The van der Waals surface area contributed by atoms with Gasteiger partial charge in [0, 0.05) is 9.13 Å². The monoisotopic (exact) mass is 389 g/mol. The van der Waals surface area contributed by atoms with Crippen LogP contribution >= 0.6 is 22.6 Å². The predicted octanol–water partition coefficient (Wildman–Crippen LogP) is 4.34. The Bertz CT molecular complexity index is 768. The summed E-state index contributed by atoms with van der Waals surface area (Å²) < 4.78 is 3.05. The lowest BCUT2D eigenvalue weighted by atomic mass is 10.1. The molecule has 0 spiro atoms. The molecule has 2 N–H and O–H groups in total. The summed E-state index contributed by atoms with van der Waals surface area (Å²) in [6, 6.07) is 14.6. The third-order valence-corrected chi connectivity index (χ3v) is 4.05. The molecule has 2 aromatic carbocycles. The Kier molecular flexibility index (Phi) is 3.71. The highest BCUT2D eigenvalue weighted by Gasteiger charge is 2.10. The van der Waals surface area contributed by atoms with E-state index in [4.69, 9.17) is 5.73 Å². The van der Waals surface area contributed by atoms with Gasteiger partial charge >= 0.3 is 0 Å². The molecule has 3 aromatic rings. The second-order valence-corrected chi connectivity index (χ2v) is 6.48. The van der Waals surface area contributed by atoms with Crippen LogP contribution in [0.25, 0.3) is 16.9 Å². The van der Waals surface area contributed by atoms with Crippen molar-refractivity contribution in [2.75, 3.05) is 5.73 Å². The van der Waals surface area contributed by atoms with E-state index in [9.17, 15) is 0 Å². The number of benzene rings is 2. The molecule has 3 rings (SSSR count). The molecule has 0 saturated carbocycles. The molecule has 3 nitrogen and oxygen atoms in total. The molecule has 21 heavy (non-hydrogen) atoms. The van der Waals surface area contributed by atoms with Gasteiger partial charge in [0.05, 0.1) is 17.6 Å². The van der Waals surface area contributed by atoms with Gasteiger partial charge in [0.2, 0.25) is 0 Å². The van der Waals surface area contributed by atoms with Crippen molar-refractivity contribution in [1.82, 2.24) is 9.78 Å². The lowest BCUT2D eigenvalue weighted by Gasteiger charge is -2.04. The fourth-order valence-corrected chi connectivity index (χ4v) is 2.79. The van der Waals surface area contributed by atoms with E-state index in [1.165, 1.54) is 14.7 Å². The molecule has 1 aromatic heterocycles. The van der Waals surface area contributed by atoms with Crippen LogP contribution in [0.5, 0.6) is 0 Å². The Hall–Kier alpha value is -1.82. The van der Waals surface area contributed by atoms with Gasteiger partial charge in [0.15, 0.2) is 0 Å². The van der Waals surface area contributed by atoms with E-state index in [1.807, 2.05) is 23.0 Å². The van der Waals surface area contributed by atoms with Crippen molar-refractivity contribution in [1.29, 1.82) is 0 Å². The van der Waals surface area contributed by atoms with E-state index in [2.05, 4.69) is 71.9 Å². The van der Waals surface area contributed by atoms with Gasteiger partial charge in [-0.2, -0.15) is 5.10 Å². The molecule has 106 valence electrons.